The van der Waals surface area contributed by atoms with Crippen molar-refractivity contribution in [3.05, 3.63) is 130 Å². The Labute approximate surface area is 255 Å². The molecule has 0 saturated carbocycles. The first-order chi connectivity index (χ1) is 22.2. The Morgan fingerprint density at radius 3 is 1.36 bits per heavy atom. The summed E-state index contributed by atoms with van der Waals surface area (Å²) < 4.78 is 21.8. The molecule has 6 rings (SSSR count). The lowest BCUT2D eigenvalue weighted by Gasteiger charge is -2.10. The van der Waals surface area contributed by atoms with E-state index in [1.165, 1.54) is 0 Å². The SMILES string of the molecule is O=c1o[nH]c(-c2ccccc2)c1N=Nc1ccccc1OCCCOc1ccccc1N=Nc1c(-c2ccccc2)[nH]oc1=O. The number of H-pyrrole nitrogens is 2. The van der Waals surface area contributed by atoms with E-state index in [9.17, 15) is 9.59 Å². The van der Waals surface area contributed by atoms with E-state index in [1.54, 1.807) is 36.4 Å². The molecule has 12 nitrogen and oxygen atoms in total. The van der Waals surface area contributed by atoms with Crippen LogP contribution in [0.2, 0.25) is 0 Å². The Hall–Kier alpha value is -6.30. The molecule has 0 aliphatic rings. The van der Waals surface area contributed by atoms with Gasteiger partial charge in [0.15, 0.2) is 11.4 Å². The molecule has 0 radical (unpaired) electrons. The first-order valence-electron chi connectivity index (χ1n) is 14.0. The lowest BCUT2D eigenvalue weighted by atomic mass is 10.1. The second-order valence-corrected chi connectivity index (χ2v) is 9.55. The second kappa shape index (κ2) is 13.8. The fourth-order valence-electron chi connectivity index (χ4n) is 4.33. The van der Waals surface area contributed by atoms with Gasteiger partial charge in [-0.3, -0.25) is 0 Å². The van der Waals surface area contributed by atoms with Crippen LogP contribution in [-0.2, 0) is 0 Å². The van der Waals surface area contributed by atoms with Crippen LogP contribution in [-0.4, -0.2) is 23.5 Å². The van der Waals surface area contributed by atoms with Crippen LogP contribution in [0.1, 0.15) is 6.42 Å². The summed E-state index contributed by atoms with van der Waals surface area (Å²) in [5, 5.41) is 22.1. The molecule has 224 valence electrons. The van der Waals surface area contributed by atoms with E-state index in [0.29, 0.717) is 53.9 Å². The minimum Gasteiger partial charge on any atom is -0.491 e. The maximum atomic E-state index is 12.3. The van der Waals surface area contributed by atoms with E-state index < -0.39 is 11.3 Å². The van der Waals surface area contributed by atoms with Gasteiger partial charge in [-0.25, -0.2) is 19.9 Å². The summed E-state index contributed by atoms with van der Waals surface area (Å²) in [6.45, 7) is 0.644. The number of para-hydroxylation sites is 2. The zero-order valence-electron chi connectivity index (χ0n) is 23.8. The van der Waals surface area contributed by atoms with Crippen LogP contribution in [0.25, 0.3) is 22.5 Å². The van der Waals surface area contributed by atoms with Crippen molar-refractivity contribution in [2.24, 2.45) is 20.5 Å². The predicted molar refractivity (Wildman–Crippen MR) is 166 cm³/mol. The average Bonchev–Trinajstić information content (AvgIpc) is 3.65. The van der Waals surface area contributed by atoms with Crippen LogP contribution in [0.5, 0.6) is 11.5 Å². The topological polar surface area (TPSA) is 160 Å². The van der Waals surface area contributed by atoms with Gasteiger partial charge in [-0.15, -0.1) is 20.5 Å². The lowest BCUT2D eigenvalue weighted by molar-refractivity contribution is 0.248. The second-order valence-electron chi connectivity index (χ2n) is 9.55. The van der Waals surface area contributed by atoms with E-state index in [2.05, 4.69) is 30.8 Å². The third-order valence-corrected chi connectivity index (χ3v) is 6.53. The number of hydrogen-bond donors (Lipinski definition) is 2. The Kier molecular flexibility index (Phi) is 8.82. The van der Waals surface area contributed by atoms with E-state index in [0.717, 1.165) is 11.1 Å². The predicted octanol–water partition coefficient (Wildman–Crippen LogP) is 8.26. The highest BCUT2D eigenvalue weighted by molar-refractivity contribution is 5.71. The fourth-order valence-corrected chi connectivity index (χ4v) is 4.33. The number of rotatable bonds is 12. The van der Waals surface area contributed by atoms with Crippen LogP contribution in [0.3, 0.4) is 0 Å². The summed E-state index contributed by atoms with van der Waals surface area (Å²) in [5.41, 5.74) is 2.15. The lowest BCUT2D eigenvalue weighted by Crippen LogP contribution is -2.05. The molecule has 0 aliphatic heterocycles. The summed E-state index contributed by atoms with van der Waals surface area (Å²) in [7, 11) is 0. The zero-order valence-corrected chi connectivity index (χ0v) is 23.8. The maximum Gasteiger partial charge on any atom is 0.385 e. The van der Waals surface area contributed by atoms with Gasteiger partial charge in [0.1, 0.15) is 34.3 Å². The van der Waals surface area contributed by atoms with Crippen LogP contribution >= 0.6 is 0 Å². The zero-order chi connectivity index (χ0) is 30.8. The third-order valence-electron chi connectivity index (χ3n) is 6.53. The van der Waals surface area contributed by atoms with Gasteiger partial charge >= 0.3 is 11.3 Å². The fraction of sp³-hybridized carbons (Fsp3) is 0.0909. The summed E-state index contributed by atoms with van der Waals surface area (Å²) in [6.07, 6.45) is 0.538. The van der Waals surface area contributed by atoms with Crippen LogP contribution in [0.15, 0.2) is 148 Å². The summed E-state index contributed by atoms with van der Waals surface area (Å²) >= 11 is 0. The highest BCUT2D eigenvalue weighted by atomic mass is 16.5. The highest BCUT2D eigenvalue weighted by Crippen LogP contribution is 2.33. The van der Waals surface area contributed by atoms with Gasteiger partial charge in [-0.2, -0.15) is 0 Å². The molecule has 45 heavy (non-hydrogen) atoms. The van der Waals surface area contributed by atoms with Crippen molar-refractivity contribution in [1.82, 2.24) is 10.3 Å². The molecule has 2 N–H and O–H groups in total. The molecule has 0 aliphatic carbocycles. The number of nitrogens with one attached hydrogen (secondary N) is 2. The first-order valence-corrected chi connectivity index (χ1v) is 14.0. The molecule has 0 spiro atoms. The number of nitrogens with zero attached hydrogens (tertiary/aromatic N) is 4. The molecule has 0 amide bonds. The molecule has 0 unspecified atom stereocenters. The van der Waals surface area contributed by atoms with Crippen LogP contribution < -0.4 is 20.7 Å². The van der Waals surface area contributed by atoms with Gasteiger partial charge in [-0.05, 0) is 24.3 Å². The summed E-state index contributed by atoms with van der Waals surface area (Å²) in [6, 6.07) is 32.7. The van der Waals surface area contributed by atoms with Crippen molar-refractivity contribution in [3.8, 4) is 34.0 Å². The van der Waals surface area contributed by atoms with E-state index >= 15 is 0 Å². The highest BCUT2D eigenvalue weighted by Gasteiger charge is 2.15. The molecule has 0 fully saturated rings. The third kappa shape index (κ3) is 6.86. The monoisotopic (exact) mass is 602 g/mol. The normalized spacial score (nSPS) is 11.4. The molecule has 2 heterocycles. The molecular formula is C33H26N6O6. The van der Waals surface area contributed by atoms with Crippen LogP contribution in [0, 0.1) is 0 Å². The quantitative estimate of drug-likeness (QED) is 0.106. The van der Waals surface area contributed by atoms with Gasteiger partial charge < -0.3 is 18.5 Å². The Balaban J connectivity index is 1.07. The number of benzene rings is 4. The van der Waals surface area contributed by atoms with Gasteiger partial charge in [0.2, 0.25) is 0 Å². The average molecular weight is 603 g/mol. The van der Waals surface area contributed by atoms with Crippen molar-refractivity contribution < 1.29 is 18.5 Å². The number of aromatic nitrogens is 2. The molecular weight excluding hydrogens is 576 g/mol. The van der Waals surface area contributed by atoms with Crippen molar-refractivity contribution in [3.63, 3.8) is 0 Å². The number of azo groups is 2. The molecule has 6 aromatic rings. The minimum absolute atomic E-state index is 0.0638. The summed E-state index contributed by atoms with van der Waals surface area (Å²) in [5.74, 6) is 0.993. The van der Waals surface area contributed by atoms with Gasteiger partial charge in [-0.1, -0.05) is 84.9 Å². The van der Waals surface area contributed by atoms with Gasteiger partial charge in [0.05, 0.1) is 13.2 Å². The minimum atomic E-state index is -0.624. The maximum absolute atomic E-state index is 12.3. The van der Waals surface area contributed by atoms with Crippen molar-refractivity contribution in [2.45, 2.75) is 6.42 Å². The Morgan fingerprint density at radius 2 is 0.911 bits per heavy atom. The van der Waals surface area contributed by atoms with E-state index in [1.807, 2.05) is 72.8 Å². The Morgan fingerprint density at radius 1 is 0.511 bits per heavy atom. The molecule has 0 saturated heterocycles. The first kappa shape index (κ1) is 28.8. The summed E-state index contributed by atoms with van der Waals surface area (Å²) in [4.78, 5) is 24.5. The Bertz CT molecular complexity index is 1900. The molecule has 4 aromatic carbocycles. The molecule has 0 bridgehead atoms. The largest absolute Gasteiger partial charge is 0.491 e. The van der Waals surface area contributed by atoms with Crippen LogP contribution in [0.4, 0.5) is 22.7 Å². The standard InChI is InChI=1S/C33H26N6O6/c40-32-30(28(38-44-32)22-12-3-1-4-13-22)36-34-24-16-7-9-18-26(24)42-20-11-21-43-27-19-10-8-17-25(27)35-37-31-29(39-45-33(31)41)23-14-5-2-6-15-23/h1-10,12-19,38-39H,11,20-21H2. The van der Waals surface area contributed by atoms with Crippen molar-refractivity contribution >= 4 is 22.7 Å². The number of aromatic amines is 2. The number of hydrogen-bond acceptors (Lipinski definition) is 10. The van der Waals surface area contributed by atoms with Crippen molar-refractivity contribution in [2.75, 3.05) is 13.2 Å². The van der Waals surface area contributed by atoms with Crippen molar-refractivity contribution in [1.29, 1.82) is 0 Å². The van der Waals surface area contributed by atoms with Gasteiger partial charge in [0.25, 0.3) is 0 Å². The van der Waals surface area contributed by atoms with E-state index in [4.69, 9.17) is 18.5 Å². The van der Waals surface area contributed by atoms with E-state index in [-0.39, 0.29) is 11.4 Å². The molecule has 12 heteroatoms. The smallest absolute Gasteiger partial charge is 0.385 e. The molecule has 0 atom stereocenters. The number of ether oxygens (including phenoxy) is 2. The van der Waals surface area contributed by atoms with Gasteiger partial charge in [0, 0.05) is 17.5 Å². The molecule has 2 aromatic heterocycles.